The van der Waals surface area contributed by atoms with Gasteiger partial charge in [0.15, 0.2) is 5.69 Å². The van der Waals surface area contributed by atoms with Crippen molar-refractivity contribution >= 4 is 17.7 Å². The molecule has 1 atom stereocenters. The van der Waals surface area contributed by atoms with E-state index in [0.29, 0.717) is 5.69 Å². The van der Waals surface area contributed by atoms with Crippen molar-refractivity contribution in [2.24, 2.45) is 0 Å². The maximum absolute atomic E-state index is 12.9. The summed E-state index contributed by atoms with van der Waals surface area (Å²) >= 11 is 0. The largest absolute Gasteiger partial charge is 0.322 e. The van der Waals surface area contributed by atoms with Gasteiger partial charge in [0, 0.05) is 11.7 Å². The Morgan fingerprint density at radius 2 is 2.00 bits per heavy atom. The lowest BCUT2D eigenvalue weighted by molar-refractivity contribution is -0.126. The number of aromatic nitrogens is 2. The van der Waals surface area contributed by atoms with Crippen molar-refractivity contribution in [2.75, 3.05) is 0 Å². The molecule has 1 aliphatic heterocycles. The molecule has 0 spiro atoms. The van der Waals surface area contributed by atoms with E-state index in [4.69, 9.17) is 0 Å². The zero-order valence-electron chi connectivity index (χ0n) is 13.9. The van der Waals surface area contributed by atoms with Gasteiger partial charge in [-0.3, -0.25) is 24.4 Å². The van der Waals surface area contributed by atoms with Gasteiger partial charge in [-0.25, -0.2) is 0 Å². The molecule has 2 aliphatic rings. The van der Waals surface area contributed by atoms with E-state index in [1.165, 1.54) is 0 Å². The molecule has 1 aliphatic carbocycles. The van der Waals surface area contributed by atoms with Crippen LogP contribution in [-0.2, 0) is 15.1 Å². The van der Waals surface area contributed by atoms with Crippen LogP contribution in [0.2, 0.25) is 0 Å². The minimum absolute atomic E-state index is 0.0317. The predicted octanol–water partition coefficient (Wildman–Crippen LogP) is 0.966. The molecule has 124 valence electrons. The highest BCUT2D eigenvalue weighted by atomic mass is 16.2. The number of aryl methyl sites for hydroxylation is 1. The van der Waals surface area contributed by atoms with Gasteiger partial charge in [0.2, 0.25) is 11.8 Å². The highest BCUT2D eigenvalue weighted by Crippen LogP contribution is 2.32. The number of rotatable bonds is 3. The molecule has 1 aromatic heterocycles. The Bertz CT molecular complexity index is 682. The minimum atomic E-state index is -0.706. The van der Waals surface area contributed by atoms with Crippen LogP contribution in [0.1, 0.15) is 56.2 Å². The molecule has 3 amide bonds. The smallest absolute Gasteiger partial charge is 0.275 e. The Kier molecular flexibility index (Phi) is 3.54. The summed E-state index contributed by atoms with van der Waals surface area (Å²) in [5.41, 5.74) is 0.994. The zero-order chi connectivity index (χ0) is 16.9. The van der Waals surface area contributed by atoms with Crippen LogP contribution in [0.4, 0.5) is 0 Å². The van der Waals surface area contributed by atoms with Crippen molar-refractivity contribution in [1.82, 2.24) is 20.0 Å². The minimum Gasteiger partial charge on any atom is -0.322 e. The number of carbonyl (C=O) groups excluding carboxylic acids is 3. The van der Waals surface area contributed by atoms with Crippen LogP contribution in [0.5, 0.6) is 0 Å². The normalized spacial score (nSPS) is 21.5. The lowest BCUT2D eigenvalue weighted by Gasteiger charge is -2.26. The summed E-state index contributed by atoms with van der Waals surface area (Å²) in [4.78, 5) is 37.9. The summed E-state index contributed by atoms with van der Waals surface area (Å²) in [5, 5.41) is 6.72. The fraction of sp³-hybridized carbons (Fsp3) is 0.625. The molecular formula is C16H22N4O3. The number of hydrogen-bond donors (Lipinski definition) is 1. The highest BCUT2D eigenvalue weighted by molar-refractivity contribution is 6.08. The number of carbonyl (C=O) groups is 3. The quantitative estimate of drug-likeness (QED) is 0.842. The first kappa shape index (κ1) is 15.7. The van der Waals surface area contributed by atoms with E-state index in [0.717, 1.165) is 18.5 Å². The SMILES string of the molecule is Cc1cc(C(=O)N(C2CC2)[C@@H]2CC(=O)NC2=O)nn1C(C)(C)C. The second-order valence-electron chi connectivity index (χ2n) is 7.33. The zero-order valence-corrected chi connectivity index (χ0v) is 13.9. The molecule has 0 radical (unpaired) electrons. The second kappa shape index (κ2) is 5.18. The van der Waals surface area contributed by atoms with Crippen molar-refractivity contribution < 1.29 is 14.4 Å². The van der Waals surface area contributed by atoms with E-state index in [-0.39, 0.29) is 35.7 Å². The highest BCUT2D eigenvalue weighted by Gasteiger charge is 2.45. The van der Waals surface area contributed by atoms with Crippen molar-refractivity contribution in [3.05, 3.63) is 17.5 Å². The lowest BCUT2D eigenvalue weighted by Crippen LogP contribution is -2.46. The Morgan fingerprint density at radius 3 is 2.43 bits per heavy atom. The summed E-state index contributed by atoms with van der Waals surface area (Å²) in [7, 11) is 0. The lowest BCUT2D eigenvalue weighted by atomic mass is 10.1. The molecule has 7 nitrogen and oxygen atoms in total. The molecule has 1 saturated heterocycles. The molecule has 0 bridgehead atoms. The fourth-order valence-corrected chi connectivity index (χ4v) is 3.07. The molecule has 23 heavy (non-hydrogen) atoms. The van der Waals surface area contributed by atoms with Crippen LogP contribution < -0.4 is 5.32 Å². The van der Waals surface area contributed by atoms with Crippen molar-refractivity contribution in [3.63, 3.8) is 0 Å². The maximum Gasteiger partial charge on any atom is 0.275 e. The molecule has 1 aromatic rings. The number of nitrogens with one attached hydrogen (secondary N) is 1. The molecule has 1 saturated carbocycles. The Hall–Kier alpha value is -2.18. The van der Waals surface area contributed by atoms with Gasteiger partial charge in [-0.2, -0.15) is 5.10 Å². The molecule has 2 heterocycles. The van der Waals surface area contributed by atoms with Crippen LogP contribution in [-0.4, -0.2) is 44.5 Å². The van der Waals surface area contributed by atoms with Gasteiger partial charge < -0.3 is 4.90 Å². The van der Waals surface area contributed by atoms with E-state index in [2.05, 4.69) is 10.4 Å². The third kappa shape index (κ3) is 2.87. The van der Waals surface area contributed by atoms with E-state index < -0.39 is 6.04 Å². The first-order chi connectivity index (χ1) is 10.7. The number of imide groups is 1. The summed E-state index contributed by atoms with van der Waals surface area (Å²) in [6.45, 7) is 7.96. The summed E-state index contributed by atoms with van der Waals surface area (Å²) < 4.78 is 1.81. The Balaban J connectivity index is 1.91. The maximum atomic E-state index is 12.9. The van der Waals surface area contributed by atoms with Crippen molar-refractivity contribution in [3.8, 4) is 0 Å². The van der Waals surface area contributed by atoms with E-state index in [1.54, 1.807) is 11.0 Å². The first-order valence-electron chi connectivity index (χ1n) is 7.92. The average Bonchev–Trinajstić information content (AvgIpc) is 3.08. The van der Waals surface area contributed by atoms with Gasteiger partial charge in [-0.05, 0) is 46.6 Å². The monoisotopic (exact) mass is 318 g/mol. The Labute approximate surface area is 135 Å². The topological polar surface area (TPSA) is 84.3 Å². The Morgan fingerprint density at radius 1 is 1.35 bits per heavy atom. The van der Waals surface area contributed by atoms with E-state index in [1.807, 2.05) is 32.4 Å². The number of nitrogens with zero attached hydrogens (tertiary/aromatic N) is 3. The molecular weight excluding hydrogens is 296 g/mol. The van der Waals surface area contributed by atoms with Gasteiger partial charge in [-0.1, -0.05) is 0 Å². The van der Waals surface area contributed by atoms with Crippen LogP contribution in [0.3, 0.4) is 0 Å². The number of amides is 3. The standard InChI is InChI=1S/C16H22N4O3/c1-9-7-11(18-20(9)16(2,3)4)15(23)19(10-5-6-10)12-8-13(21)17-14(12)22/h7,10,12H,5-6,8H2,1-4H3,(H,17,21,22)/t12-/m1/s1. The van der Waals surface area contributed by atoms with E-state index in [9.17, 15) is 14.4 Å². The molecule has 3 rings (SSSR count). The van der Waals surface area contributed by atoms with Crippen molar-refractivity contribution in [2.45, 2.75) is 64.6 Å². The van der Waals surface area contributed by atoms with Crippen molar-refractivity contribution in [1.29, 1.82) is 0 Å². The summed E-state index contributed by atoms with van der Waals surface area (Å²) in [6.07, 6.45) is 1.77. The molecule has 1 N–H and O–H groups in total. The van der Waals surface area contributed by atoms with Crippen LogP contribution in [0, 0.1) is 6.92 Å². The molecule has 2 fully saturated rings. The van der Waals surface area contributed by atoms with Crippen LogP contribution >= 0.6 is 0 Å². The van der Waals surface area contributed by atoms with Gasteiger partial charge in [-0.15, -0.1) is 0 Å². The van der Waals surface area contributed by atoms with Gasteiger partial charge in [0.05, 0.1) is 12.0 Å². The molecule has 7 heteroatoms. The number of hydrogen-bond acceptors (Lipinski definition) is 4. The third-order valence-electron chi connectivity index (χ3n) is 4.20. The first-order valence-corrected chi connectivity index (χ1v) is 7.92. The van der Waals surface area contributed by atoms with E-state index >= 15 is 0 Å². The molecule has 0 unspecified atom stereocenters. The van der Waals surface area contributed by atoms with Gasteiger partial charge >= 0.3 is 0 Å². The van der Waals surface area contributed by atoms with Crippen LogP contribution in [0.15, 0.2) is 6.07 Å². The van der Waals surface area contributed by atoms with Gasteiger partial charge in [0.25, 0.3) is 5.91 Å². The summed E-state index contributed by atoms with van der Waals surface area (Å²) in [5.74, 6) is -0.981. The predicted molar refractivity (Wildman–Crippen MR) is 82.7 cm³/mol. The fourth-order valence-electron chi connectivity index (χ4n) is 3.07. The molecule has 0 aromatic carbocycles. The third-order valence-corrected chi connectivity index (χ3v) is 4.20. The summed E-state index contributed by atoms with van der Waals surface area (Å²) in [6, 6.07) is 1.07. The van der Waals surface area contributed by atoms with Gasteiger partial charge in [0.1, 0.15) is 6.04 Å². The van der Waals surface area contributed by atoms with Crippen LogP contribution in [0.25, 0.3) is 0 Å². The second-order valence-corrected chi connectivity index (χ2v) is 7.33. The average molecular weight is 318 g/mol.